The van der Waals surface area contributed by atoms with E-state index < -0.39 is 24.7 Å². The number of aryl methyl sites for hydroxylation is 1. The minimum atomic E-state index is -4.47. The third kappa shape index (κ3) is 4.93. The fraction of sp³-hybridized carbons (Fsp3) is 0.455. The van der Waals surface area contributed by atoms with Crippen molar-refractivity contribution >= 4 is 12.4 Å². The average molecular weight is 270 g/mol. The number of alkyl halides is 3. The van der Waals surface area contributed by atoms with Crippen LogP contribution < -0.4 is 5.73 Å². The molecule has 1 aromatic rings. The summed E-state index contributed by atoms with van der Waals surface area (Å²) in [5.41, 5.74) is 6.37. The number of hydrogen-bond acceptors (Lipinski definition) is 2. The van der Waals surface area contributed by atoms with Crippen molar-refractivity contribution in [2.45, 2.75) is 31.7 Å². The lowest BCUT2D eigenvalue weighted by atomic mass is 10.0. The van der Waals surface area contributed by atoms with Crippen LogP contribution in [0.5, 0.6) is 0 Å². The highest BCUT2D eigenvalue weighted by atomic mass is 35.5. The highest BCUT2D eigenvalue weighted by Crippen LogP contribution is 2.26. The zero-order valence-corrected chi connectivity index (χ0v) is 10.1. The standard InChI is InChI=1S/C11H14F3NO.ClH/c1-7-2-4-8(5-3-7)9(16)6-10(15)11(12,13)14;/h2-5,9-10,16H,6,15H2,1H3;1H/t9-,10-;/m1./s1. The molecule has 0 spiro atoms. The number of nitrogens with two attached hydrogens (primary N) is 1. The summed E-state index contributed by atoms with van der Waals surface area (Å²) in [4.78, 5) is 0. The highest BCUT2D eigenvalue weighted by molar-refractivity contribution is 5.85. The van der Waals surface area contributed by atoms with Crippen LogP contribution in [0.4, 0.5) is 13.2 Å². The SMILES string of the molecule is Cc1ccc([C@H](O)C[C@@H](N)C(F)(F)F)cc1.Cl. The van der Waals surface area contributed by atoms with E-state index in [1.165, 1.54) is 0 Å². The molecule has 0 saturated heterocycles. The van der Waals surface area contributed by atoms with Crippen LogP contribution in [0.2, 0.25) is 0 Å². The molecule has 1 aromatic carbocycles. The number of hydrogen-bond donors (Lipinski definition) is 2. The van der Waals surface area contributed by atoms with E-state index in [0.717, 1.165) is 5.56 Å². The molecule has 0 unspecified atom stereocenters. The molecular formula is C11H15ClF3NO. The Morgan fingerprint density at radius 1 is 1.24 bits per heavy atom. The summed E-state index contributed by atoms with van der Waals surface area (Å²) in [7, 11) is 0. The molecule has 0 amide bonds. The number of rotatable bonds is 3. The van der Waals surface area contributed by atoms with Crippen LogP contribution in [-0.2, 0) is 0 Å². The summed E-state index contributed by atoms with van der Waals surface area (Å²) in [6.45, 7) is 1.86. The molecule has 0 aliphatic rings. The summed E-state index contributed by atoms with van der Waals surface area (Å²) in [6, 6.07) is 4.67. The lowest BCUT2D eigenvalue weighted by molar-refractivity contribution is -0.153. The lowest BCUT2D eigenvalue weighted by Crippen LogP contribution is -2.38. The molecule has 3 N–H and O–H groups in total. The minimum absolute atomic E-state index is 0. The van der Waals surface area contributed by atoms with Crippen LogP contribution in [0.15, 0.2) is 24.3 Å². The molecule has 0 aliphatic heterocycles. The zero-order chi connectivity index (χ0) is 12.3. The third-order valence-corrected chi connectivity index (χ3v) is 2.36. The van der Waals surface area contributed by atoms with Gasteiger partial charge in [-0.25, -0.2) is 0 Å². The molecule has 17 heavy (non-hydrogen) atoms. The summed E-state index contributed by atoms with van der Waals surface area (Å²) in [6.07, 6.45) is -6.17. The van der Waals surface area contributed by atoms with E-state index in [9.17, 15) is 18.3 Å². The van der Waals surface area contributed by atoms with Gasteiger partial charge in [0.25, 0.3) is 0 Å². The minimum Gasteiger partial charge on any atom is -0.388 e. The fourth-order valence-corrected chi connectivity index (χ4v) is 1.30. The van der Waals surface area contributed by atoms with Gasteiger partial charge >= 0.3 is 6.18 Å². The average Bonchev–Trinajstić information content (AvgIpc) is 2.17. The first-order valence-electron chi connectivity index (χ1n) is 4.87. The van der Waals surface area contributed by atoms with Gasteiger partial charge in [-0.15, -0.1) is 12.4 Å². The van der Waals surface area contributed by atoms with E-state index in [1.54, 1.807) is 24.3 Å². The molecule has 0 bridgehead atoms. The molecular weight excluding hydrogens is 255 g/mol. The Morgan fingerprint density at radius 2 is 1.71 bits per heavy atom. The van der Waals surface area contributed by atoms with Crippen molar-refractivity contribution in [1.29, 1.82) is 0 Å². The summed E-state index contributed by atoms with van der Waals surface area (Å²) in [5, 5.41) is 9.57. The molecule has 0 saturated carbocycles. The van der Waals surface area contributed by atoms with Gasteiger partial charge in [-0.1, -0.05) is 29.8 Å². The molecule has 2 nitrogen and oxygen atoms in total. The van der Waals surface area contributed by atoms with E-state index in [-0.39, 0.29) is 12.4 Å². The van der Waals surface area contributed by atoms with Gasteiger partial charge < -0.3 is 10.8 Å². The second kappa shape index (κ2) is 6.23. The highest BCUT2D eigenvalue weighted by Gasteiger charge is 2.37. The molecule has 6 heteroatoms. The Kier molecular flexibility index (Phi) is 5.95. The molecule has 0 aromatic heterocycles. The normalized spacial score (nSPS) is 14.9. The van der Waals surface area contributed by atoms with Gasteiger partial charge in [0, 0.05) is 6.42 Å². The third-order valence-electron chi connectivity index (χ3n) is 2.36. The maximum Gasteiger partial charge on any atom is 0.403 e. The van der Waals surface area contributed by atoms with E-state index in [4.69, 9.17) is 5.73 Å². The Balaban J connectivity index is 0.00000256. The summed E-state index contributed by atoms with van der Waals surface area (Å²) < 4.78 is 36.5. The van der Waals surface area contributed by atoms with Crippen molar-refractivity contribution < 1.29 is 18.3 Å². The van der Waals surface area contributed by atoms with Crippen molar-refractivity contribution in [1.82, 2.24) is 0 Å². The Bertz CT molecular complexity index is 340. The monoisotopic (exact) mass is 269 g/mol. The molecule has 0 heterocycles. The van der Waals surface area contributed by atoms with Gasteiger partial charge in [0.2, 0.25) is 0 Å². The van der Waals surface area contributed by atoms with Crippen molar-refractivity contribution in [3.8, 4) is 0 Å². The van der Waals surface area contributed by atoms with E-state index in [1.807, 2.05) is 6.92 Å². The second-order valence-electron chi connectivity index (χ2n) is 3.81. The van der Waals surface area contributed by atoms with Crippen molar-refractivity contribution in [3.63, 3.8) is 0 Å². The second-order valence-corrected chi connectivity index (χ2v) is 3.81. The Hall–Kier alpha value is -0.780. The van der Waals surface area contributed by atoms with Gasteiger partial charge in [0.1, 0.15) is 6.04 Å². The molecule has 98 valence electrons. The van der Waals surface area contributed by atoms with Gasteiger partial charge in [-0.05, 0) is 12.5 Å². The van der Waals surface area contributed by atoms with Crippen LogP contribution in [0.1, 0.15) is 23.7 Å². The summed E-state index contributed by atoms with van der Waals surface area (Å²) in [5.74, 6) is 0. The first kappa shape index (κ1) is 16.2. The molecule has 0 fully saturated rings. The van der Waals surface area contributed by atoms with E-state index in [2.05, 4.69) is 0 Å². The Morgan fingerprint density at radius 3 is 2.12 bits per heavy atom. The van der Waals surface area contributed by atoms with Crippen molar-refractivity contribution in [2.24, 2.45) is 5.73 Å². The zero-order valence-electron chi connectivity index (χ0n) is 9.24. The molecule has 2 atom stereocenters. The predicted octanol–water partition coefficient (Wildman–Crippen LogP) is 2.73. The van der Waals surface area contributed by atoms with E-state index in [0.29, 0.717) is 5.56 Å². The smallest absolute Gasteiger partial charge is 0.388 e. The topological polar surface area (TPSA) is 46.2 Å². The molecule has 1 rings (SSSR count). The largest absolute Gasteiger partial charge is 0.403 e. The first-order valence-corrected chi connectivity index (χ1v) is 4.87. The lowest BCUT2D eigenvalue weighted by Gasteiger charge is -2.19. The maximum atomic E-state index is 12.2. The van der Waals surface area contributed by atoms with Crippen molar-refractivity contribution in [3.05, 3.63) is 35.4 Å². The van der Waals surface area contributed by atoms with Crippen LogP contribution >= 0.6 is 12.4 Å². The van der Waals surface area contributed by atoms with Gasteiger partial charge in [-0.2, -0.15) is 13.2 Å². The van der Waals surface area contributed by atoms with Crippen molar-refractivity contribution in [2.75, 3.05) is 0 Å². The van der Waals surface area contributed by atoms with Crippen LogP contribution in [0.25, 0.3) is 0 Å². The van der Waals surface area contributed by atoms with Gasteiger partial charge in [-0.3, -0.25) is 0 Å². The maximum absolute atomic E-state index is 12.2. The molecule has 0 aliphatic carbocycles. The quantitative estimate of drug-likeness (QED) is 0.886. The fourth-order valence-electron chi connectivity index (χ4n) is 1.30. The number of aliphatic hydroxyl groups is 1. The summed E-state index contributed by atoms with van der Waals surface area (Å²) >= 11 is 0. The number of aliphatic hydroxyl groups excluding tert-OH is 1. The van der Waals surface area contributed by atoms with Crippen LogP contribution in [0, 0.1) is 6.92 Å². The van der Waals surface area contributed by atoms with Crippen LogP contribution in [-0.4, -0.2) is 17.3 Å². The van der Waals surface area contributed by atoms with Gasteiger partial charge in [0.15, 0.2) is 0 Å². The van der Waals surface area contributed by atoms with E-state index >= 15 is 0 Å². The molecule has 0 radical (unpaired) electrons. The first-order chi connectivity index (χ1) is 7.30. The van der Waals surface area contributed by atoms with Crippen LogP contribution in [0.3, 0.4) is 0 Å². The van der Waals surface area contributed by atoms with Gasteiger partial charge in [0.05, 0.1) is 6.10 Å². The Labute approximate surface area is 104 Å². The number of benzene rings is 1. The predicted molar refractivity (Wildman–Crippen MR) is 62.0 cm³/mol. The number of halogens is 4.